The Morgan fingerprint density at radius 3 is 1.27 bits per heavy atom. The molecule has 0 saturated carbocycles. The third-order valence-electron chi connectivity index (χ3n) is 3.34. The number of hydrogen-bond donors (Lipinski definition) is 2. The predicted molar refractivity (Wildman–Crippen MR) is 110 cm³/mol. The number of hydrogen-bond acceptors (Lipinski definition) is 6. The Balaban J connectivity index is 3.09. The van der Waals surface area contributed by atoms with Gasteiger partial charge >= 0.3 is 0 Å². The van der Waals surface area contributed by atoms with Gasteiger partial charge < -0.3 is 9.47 Å². The molecule has 2 aromatic carbocycles. The van der Waals surface area contributed by atoms with Crippen molar-refractivity contribution in [3.63, 3.8) is 0 Å². The average molecular weight is 626 g/mol. The lowest BCUT2D eigenvalue weighted by molar-refractivity contribution is 0.392. The minimum Gasteiger partial charge on any atom is -0.494 e. The molecule has 142 valence electrons. The zero-order valence-electron chi connectivity index (χ0n) is 13.2. The molecule has 0 spiro atoms. The van der Waals surface area contributed by atoms with Crippen LogP contribution >= 0.6 is 45.2 Å². The molecule has 0 amide bonds. The molecule has 0 atom stereocenters. The number of ether oxygens (including phenoxy) is 2. The number of rotatable bonds is 5. The largest absolute Gasteiger partial charge is 0.494 e. The minimum absolute atomic E-state index is 0.149. The van der Waals surface area contributed by atoms with Crippen molar-refractivity contribution in [2.24, 2.45) is 0 Å². The van der Waals surface area contributed by atoms with Crippen molar-refractivity contribution >= 4 is 65.4 Å². The molecule has 0 aromatic heterocycles. The zero-order chi connectivity index (χ0) is 19.9. The average Bonchev–Trinajstić information content (AvgIpc) is 2.52. The van der Waals surface area contributed by atoms with Gasteiger partial charge in [-0.25, -0.2) is 0 Å². The van der Waals surface area contributed by atoms with E-state index in [1.807, 2.05) is 45.2 Å². The van der Waals surface area contributed by atoms with Crippen molar-refractivity contribution in [3.8, 4) is 22.6 Å². The molecule has 2 aromatic rings. The second kappa shape index (κ2) is 7.75. The highest BCUT2D eigenvalue weighted by molar-refractivity contribution is 14.1. The van der Waals surface area contributed by atoms with Crippen LogP contribution in [0.15, 0.2) is 34.1 Å². The fourth-order valence-electron chi connectivity index (χ4n) is 2.39. The Morgan fingerprint density at radius 2 is 1.04 bits per heavy atom. The standard InChI is InChI=1S/C14H12I2O8S2/c1-23-11-9(15)5-3-7(13(11)25(17,18)19)8-4-6-10(16)12(24-2)14(8)26(20,21)22/h3-6H,1-2H3,(H,17,18,19)(H,20,21,22). The number of benzene rings is 2. The molecule has 0 saturated heterocycles. The Labute approximate surface area is 177 Å². The van der Waals surface area contributed by atoms with Gasteiger partial charge in [0.05, 0.1) is 21.4 Å². The third-order valence-corrected chi connectivity index (χ3v) is 6.88. The normalized spacial score (nSPS) is 12.1. The Morgan fingerprint density at radius 1 is 0.731 bits per heavy atom. The minimum atomic E-state index is -4.79. The summed E-state index contributed by atoms with van der Waals surface area (Å²) in [6.07, 6.45) is 0. The van der Waals surface area contributed by atoms with Gasteiger partial charge in [-0.3, -0.25) is 9.11 Å². The van der Waals surface area contributed by atoms with Crippen LogP contribution in [0.5, 0.6) is 11.5 Å². The van der Waals surface area contributed by atoms with Crippen molar-refractivity contribution in [1.29, 1.82) is 0 Å². The molecular formula is C14H12I2O8S2. The van der Waals surface area contributed by atoms with E-state index in [0.29, 0.717) is 7.14 Å². The van der Waals surface area contributed by atoms with E-state index in [-0.39, 0.29) is 22.6 Å². The molecule has 0 fully saturated rings. The summed E-state index contributed by atoms with van der Waals surface area (Å²) in [7, 11) is -7.14. The van der Waals surface area contributed by atoms with Gasteiger partial charge in [-0.05, 0) is 57.3 Å². The molecule has 0 bridgehead atoms. The first-order valence-electron chi connectivity index (χ1n) is 6.61. The fourth-order valence-corrected chi connectivity index (χ4v) is 5.87. The van der Waals surface area contributed by atoms with E-state index >= 15 is 0 Å². The Kier molecular flexibility index (Phi) is 6.44. The molecule has 8 nitrogen and oxygen atoms in total. The quantitative estimate of drug-likeness (QED) is 0.383. The summed E-state index contributed by atoms with van der Waals surface area (Å²) in [6, 6.07) is 5.59. The molecular weight excluding hydrogens is 614 g/mol. The smallest absolute Gasteiger partial charge is 0.298 e. The summed E-state index contributed by atoms with van der Waals surface area (Å²) in [4.78, 5) is -1.22. The van der Waals surface area contributed by atoms with Crippen molar-refractivity contribution < 1.29 is 35.4 Å². The maximum atomic E-state index is 12.0. The predicted octanol–water partition coefficient (Wildman–Crippen LogP) is 3.07. The van der Waals surface area contributed by atoms with Crippen molar-refractivity contribution in [3.05, 3.63) is 31.4 Å². The van der Waals surface area contributed by atoms with Crippen molar-refractivity contribution in [2.75, 3.05) is 14.2 Å². The first kappa shape index (κ1) is 21.6. The molecule has 0 aliphatic carbocycles. The van der Waals surface area contributed by atoms with E-state index in [4.69, 9.17) is 9.47 Å². The zero-order valence-corrected chi connectivity index (χ0v) is 19.2. The maximum absolute atomic E-state index is 12.0. The molecule has 0 aliphatic rings. The summed E-state index contributed by atoms with van der Waals surface area (Å²) in [5, 5.41) is 0. The first-order chi connectivity index (χ1) is 11.9. The van der Waals surface area contributed by atoms with E-state index in [0.717, 1.165) is 0 Å². The van der Waals surface area contributed by atoms with Crippen LogP contribution in [0.3, 0.4) is 0 Å². The van der Waals surface area contributed by atoms with Gasteiger partial charge in [0.25, 0.3) is 20.2 Å². The number of halogens is 2. The van der Waals surface area contributed by atoms with Crippen LogP contribution < -0.4 is 9.47 Å². The lowest BCUT2D eigenvalue weighted by Gasteiger charge is -2.17. The molecule has 2 N–H and O–H groups in total. The van der Waals surface area contributed by atoms with E-state index < -0.39 is 30.0 Å². The molecule has 0 heterocycles. The molecule has 0 unspecified atom stereocenters. The highest BCUT2D eigenvalue weighted by Crippen LogP contribution is 2.43. The molecule has 26 heavy (non-hydrogen) atoms. The van der Waals surface area contributed by atoms with E-state index in [1.165, 1.54) is 38.5 Å². The third kappa shape index (κ3) is 4.09. The van der Waals surface area contributed by atoms with E-state index in [9.17, 15) is 25.9 Å². The van der Waals surface area contributed by atoms with Crippen LogP contribution in [-0.2, 0) is 20.2 Å². The van der Waals surface area contributed by atoms with E-state index in [2.05, 4.69) is 0 Å². The lowest BCUT2D eigenvalue weighted by atomic mass is 10.0. The fraction of sp³-hybridized carbons (Fsp3) is 0.143. The van der Waals surface area contributed by atoms with Crippen LogP contribution in [0.4, 0.5) is 0 Å². The monoisotopic (exact) mass is 626 g/mol. The van der Waals surface area contributed by atoms with Gasteiger partial charge in [-0.2, -0.15) is 16.8 Å². The lowest BCUT2D eigenvalue weighted by Crippen LogP contribution is -2.09. The first-order valence-corrected chi connectivity index (χ1v) is 11.7. The maximum Gasteiger partial charge on any atom is 0.298 e. The molecule has 0 aliphatic heterocycles. The molecule has 2 rings (SSSR count). The van der Waals surface area contributed by atoms with Crippen LogP contribution in [-0.4, -0.2) is 40.2 Å². The van der Waals surface area contributed by atoms with Crippen LogP contribution in [0.25, 0.3) is 11.1 Å². The summed E-state index contributed by atoms with van der Waals surface area (Å²) in [5.74, 6) is -0.297. The molecule has 12 heteroatoms. The topological polar surface area (TPSA) is 127 Å². The van der Waals surface area contributed by atoms with Crippen molar-refractivity contribution in [2.45, 2.75) is 9.79 Å². The van der Waals surface area contributed by atoms with Gasteiger partial charge in [0.1, 0.15) is 9.79 Å². The van der Waals surface area contributed by atoms with Gasteiger partial charge in [0.2, 0.25) is 0 Å². The highest BCUT2D eigenvalue weighted by atomic mass is 127. The summed E-state index contributed by atoms with van der Waals surface area (Å²) in [6.45, 7) is 0. The van der Waals surface area contributed by atoms with Gasteiger partial charge in [0, 0.05) is 11.1 Å². The second-order valence-electron chi connectivity index (χ2n) is 4.86. The summed E-state index contributed by atoms with van der Waals surface area (Å²) < 4.78 is 78.2. The van der Waals surface area contributed by atoms with E-state index in [1.54, 1.807) is 0 Å². The second-order valence-corrected chi connectivity index (χ2v) is 9.91. The van der Waals surface area contributed by atoms with Crippen LogP contribution in [0.2, 0.25) is 0 Å². The van der Waals surface area contributed by atoms with Gasteiger partial charge in [-0.1, -0.05) is 12.1 Å². The van der Waals surface area contributed by atoms with Gasteiger partial charge in [0.15, 0.2) is 11.5 Å². The van der Waals surface area contributed by atoms with Crippen LogP contribution in [0.1, 0.15) is 0 Å². The molecule has 0 radical (unpaired) electrons. The SMILES string of the molecule is COc1c(I)ccc(-c2ccc(I)c(OC)c2S(=O)(=O)O)c1S(=O)(=O)O. The van der Waals surface area contributed by atoms with Crippen LogP contribution in [0, 0.1) is 7.14 Å². The Bertz CT molecular complexity index is 991. The summed E-state index contributed by atoms with van der Waals surface area (Å²) in [5.41, 5.74) is -0.320. The van der Waals surface area contributed by atoms with Gasteiger partial charge in [-0.15, -0.1) is 0 Å². The highest BCUT2D eigenvalue weighted by Gasteiger charge is 2.30. The van der Waals surface area contributed by atoms with Crippen molar-refractivity contribution in [1.82, 2.24) is 0 Å². The summed E-state index contributed by atoms with van der Waals surface area (Å²) >= 11 is 3.62. The number of methoxy groups -OCH3 is 2. The Hall–Kier alpha value is -0.680.